The van der Waals surface area contributed by atoms with Gasteiger partial charge in [-0.3, -0.25) is 4.79 Å². The van der Waals surface area contributed by atoms with Crippen molar-refractivity contribution in [3.05, 3.63) is 29.3 Å². The van der Waals surface area contributed by atoms with Crippen molar-refractivity contribution in [1.82, 2.24) is 0 Å². The SMILES string of the molecule is CCOCc1cc(C=O)ccc1OC. The van der Waals surface area contributed by atoms with Crippen LogP contribution >= 0.6 is 0 Å². The summed E-state index contributed by atoms with van der Waals surface area (Å²) in [7, 11) is 1.60. The summed E-state index contributed by atoms with van der Waals surface area (Å²) in [6, 6.07) is 5.28. The maximum Gasteiger partial charge on any atom is 0.150 e. The van der Waals surface area contributed by atoms with E-state index in [1.54, 1.807) is 25.3 Å². The summed E-state index contributed by atoms with van der Waals surface area (Å²) >= 11 is 0. The van der Waals surface area contributed by atoms with Crippen molar-refractivity contribution in [3.8, 4) is 5.75 Å². The van der Waals surface area contributed by atoms with E-state index in [1.807, 2.05) is 6.92 Å². The summed E-state index contributed by atoms with van der Waals surface area (Å²) in [5.41, 5.74) is 1.54. The third-order valence-corrected chi connectivity index (χ3v) is 1.90. The van der Waals surface area contributed by atoms with Gasteiger partial charge in [0.25, 0.3) is 0 Å². The molecule has 3 heteroatoms. The molecule has 0 atom stereocenters. The van der Waals surface area contributed by atoms with Gasteiger partial charge < -0.3 is 9.47 Å². The lowest BCUT2D eigenvalue weighted by Gasteiger charge is -2.08. The first kappa shape index (κ1) is 10.7. The Balaban J connectivity index is 2.89. The lowest BCUT2D eigenvalue weighted by Crippen LogP contribution is -1.97. The zero-order valence-corrected chi connectivity index (χ0v) is 8.45. The average molecular weight is 194 g/mol. The van der Waals surface area contributed by atoms with E-state index in [4.69, 9.17) is 9.47 Å². The molecular weight excluding hydrogens is 180 g/mol. The van der Waals surface area contributed by atoms with Crippen molar-refractivity contribution >= 4 is 6.29 Å². The number of rotatable bonds is 5. The van der Waals surface area contributed by atoms with Crippen LogP contribution in [0.5, 0.6) is 5.75 Å². The highest BCUT2D eigenvalue weighted by atomic mass is 16.5. The number of ether oxygens (including phenoxy) is 2. The minimum absolute atomic E-state index is 0.474. The van der Waals surface area contributed by atoms with Gasteiger partial charge in [0.2, 0.25) is 0 Å². The third kappa shape index (κ3) is 2.57. The molecule has 0 aliphatic rings. The molecule has 0 heterocycles. The van der Waals surface area contributed by atoms with Crippen LogP contribution in [0.2, 0.25) is 0 Å². The molecule has 1 rings (SSSR count). The van der Waals surface area contributed by atoms with Gasteiger partial charge in [0, 0.05) is 17.7 Å². The summed E-state index contributed by atoms with van der Waals surface area (Å²) in [6.45, 7) is 3.05. The largest absolute Gasteiger partial charge is 0.496 e. The fourth-order valence-electron chi connectivity index (χ4n) is 1.20. The van der Waals surface area contributed by atoms with E-state index >= 15 is 0 Å². The van der Waals surface area contributed by atoms with Crippen LogP contribution in [0.25, 0.3) is 0 Å². The van der Waals surface area contributed by atoms with Gasteiger partial charge in [0.15, 0.2) is 0 Å². The van der Waals surface area contributed by atoms with Crippen molar-refractivity contribution in [2.75, 3.05) is 13.7 Å². The Morgan fingerprint density at radius 1 is 1.43 bits per heavy atom. The highest BCUT2D eigenvalue weighted by Crippen LogP contribution is 2.19. The second kappa shape index (κ2) is 5.40. The van der Waals surface area contributed by atoms with E-state index < -0.39 is 0 Å². The van der Waals surface area contributed by atoms with Crippen LogP contribution in [0.4, 0.5) is 0 Å². The van der Waals surface area contributed by atoms with Crippen LogP contribution in [0.1, 0.15) is 22.8 Å². The molecule has 0 bridgehead atoms. The minimum atomic E-state index is 0.474. The van der Waals surface area contributed by atoms with Crippen LogP contribution in [-0.2, 0) is 11.3 Å². The van der Waals surface area contributed by atoms with E-state index in [0.29, 0.717) is 18.8 Å². The lowest BCUT2D eigenvalue weighted by molar-refractivity contribution is 0.112. The molecule has 0 unspecified atom stereocenters. The number of methoxy groups -OCH3 is 1. The van der Waals surface area contributed by atoms with E-state index in [9.17, 15) is 4.79 Å². The van der Waals surface area contributed by atoms with Crippen molar-refractivity contribution in [1.29, 1.82) is 0 Å². The normalized spacial score (nSPS) is 9.86. The Morgan fingerprint density at radius 2 is 2.21 bits per heavy atom. The number of carbonyl (C=O) groups excluding carboxylic acids is 1. The van der Waals surface area contributed by atoms with Crippen LogP contribution < -0.4 is 4.74 Å². The first-order valence-corrected chi connectivity index (χ1v) is 4.51. The highest BCUT2D eigenvalue weighted by molar-refractivity contribution is 5.75. The molecule has 1 aromatic rings. The summed E-state index contributed by atoms with van der Waals surface area (Å²) in [4.78, 5) is 10.6. The molecule has 0 radical (unpaired) electrons. The van der Waals surface area contributed by atoms with E-state index in [0.717, 1.165) is 17.6 Å². The highest BCUT2D eigenvalue weighted by Gasteiger charge is 2.03. The first-order chi connectivity index (χ1) is 6.81. The van der Waals surface area contributed by atoms with Crippen LogP contribution in [0.3, 0.4) is 0 Å². The molecule has 0 aromatic heterocycles. The lowest BCUT2D eigenvalue weighted by atomic mass is 10.1. The topological polar surface area (TPSA) is 35.5 Å². The van der Waals surface area contributed by atoms with Gasteiger partial charge >= 0.3 is 0 Å². The predicted molar refractivity (Wildman–Crippen MR) is 53.7 cm³/mol. The van der Waals surface area contributed by atoms with Crippen LogP contribution in [0, 0.1) is 0 Å². The standard InChI is InChI=1S/C11H14O3/c1-3-14-8-10-6-9(7-12)4-5-11(10)13-2/h4-7H,3,8H2,1-2H3. The zero-order valence-electron chi connectivity index (χ0n) is 8.45. The Hall–Kier alpha value is -1.35. The number of hydrogen-bond donors (Lipinski definition) is 0. The first-order valence-electron chi connectivity index (χ1n) is 4.51. The minimum Gasteiger partial charge on any atom is -0.496 e. The number of aldehydes is 1. The maximum atomic E-state index is 10.6. The maximum absolute atomic E-state index is 10.6. The van der Waals surface area contributed by atoms with Gasteiger partial charge in [-0.15, -0.1) is 0 Å². The molecule has 0 saturated heterocycles. The monoisotopic (exact) mass is 194 g/mol. The summed E-state index contributed by atoms with van der Waals surface area (Å²) < 4.78 is 10.4. The van der Waals surface area contributed by atoms with Crippen molar-refractivity contribution < 1.29 is 14.3 Å². The van der Waals surface area contributed by atoms with Gasteiger partial charge in [-0.1, -0.05) is 0 Å². The molecule has 0 spiro atoms. The van der Waals surface area contributed by atoms with E-state index in [-0.39, 0.29) is 0 Å². The summed E-state index contributed by atoms with van der Waals surface area (Å²) in [6.07, 6.45) is 0.814. The number of benzene rings is 1. The number of carbonyl (C=O) groups is 1. The molecule has 3 nitrogen and oxygen atoms in total. The molecular formula is C11H14O3. The Labute approximate surface area is 83.6 Å². The van der Waals surface area contributed by atoms with E-state index in [1.165, 1.54) is 0 Å². The van der Waals surface area contributed by atoms with Crippen molar-refractivity contribution in [2.45, 2.75) is 13.5 Å². The molecule has 0 aliphatic heterocycles. The Kier molecular flexibility index (Phi) is 4.13. The molecule has 1 aromatic carbocycles. The molecule has 0 N–H and O–H groups in total. The Bertz CT molecular complexity index is 307. The molecule has 0 aliphatic carbocycles. The van der Waals surface area contributed by atoms with Gasteiger partial charge in [0.05, 0.1) is 13.7 Å². The van der Waals surface area contributed by atoms with Crippen molar-refractivity contribution in [3.63, 3.8) is 0 Å². The van der Waals surface area contributed by atoms with Crippen molar-refractivity contribution in [2.24, 2.45) is 0 Å². The molecule has 0 fully saturated rings. The molecule has 14 heavy (non-hydrogen) atoms. The summed E-state index contributed by atoms with van der Waals surface area (Å²) in [5.74, 6) is 0.754. The third-order valence-electron chi connectivity index (χ3n) is 1.90. The summed E-state index contributed by atoms with van der Waals surface area (Å²) in [5, 5.41) is 0. The fraction of sp³-hybridized carbons (Fsp3) is 0.364. The van der Waals surface area contributed by atoms with Gasteiger partial charge in [0.1, 0.15) is 12.0 Å². The predicted octanol–water partition coefficient (Wildman–Crippen LogP) is 2.04. The molecule has 0 amide bonds. The second-order valence-electron chi connectivity index (χ2n) is 2.83. The van der Waals surface area contributed by atoms with Crippen LogP contribution in [0.15, 0.2) is 18.2 Å². The average Bonchev–Trinajstić information content (AvgIpc) is 2.25. The van der Waals surface area contributed by atoms with Gasteiger partial charge in [-0.2, -0.15) is 0 Å². The second-order valence-corrected chi connectivity index (χ2v) is 2.83. The van der Waals surface area contributed by atoms with Gasteiger partial charge in [-0.05, 0) is 25.1 Å². The van der Waals surface area contributed by atoms with Crippen LogP contribution in [-0.4, -0.2) is 20.0 Å². The number of hydrogen-bond acceptors (Lipinski definition) is 3. The zero-order chi connectivity index (χ0) is 10.4. The Morgan fingerprint density at radius 3 is 2.79 bits per heavy atom. The molecule has 0 saturated carbocycles. The molecule has 76 valence electrons. The fourth-order valence-corrected chi connectivity index (χ4v) is 1.20. The van der Waals surface area contributed by atoms with E-state index in [2.05, 4.69) is 0 Å². The smallest absolute Gasteiger partial charge is 0.150 e. The quantitative estimate of drug-likeness (QED) is 0.673. The van der Waals surface area contributed by atoms with Gasteiger partial charge in [-0.25, -0.2) is 0 Å².